The van der Waals surface area contributed by atoms with Crippen LogP contribution in [0.4, 0.5) is 13.2 Å². The molecule has 17 heavy (non-hydrogen) atoms. The number of pyridine rings is 2. The van der Waals surface area contributed by atoms with Crippen LogP contribution < -0.4 is 0 Å². The molecule has 2 rings (SSSR count). The van der Waals surface area contributed by atoms with Gasteiger partial charge in [-0.15, -0.1) is 0 Å². The number of aromatic amines is 1. The van der Waals surface area contributed by atoms with Crippen molar-refractivity contribution in [3.8, 4) is 11.3 Å². The van der Waals surface area contributed by atoms with Crippen molar-refractivity contribution in [1.82, 2.24) is 9.97 Å². The van der Waals surface area contributed by atoms with E-state index in [4.69, 9.17) is 12.2 Å². The van der Waals surface area contributed by atoms with Crippen molar-refractivity contribution in [3.63, 3.8) is 0 Å². The Bertz CT molecular complexity index is 575. The molecule has 0 fully saturated rings. The summed E-state index contributed by atoms with van der Waals surface area (Å²) in [4.78, 5) is 6.56. The van der Waals surface area contributed by atoms with Gasteiger partial charge in [0, 0.05) is 23.7 Å². The summed E-state index contributed by atoms with van der Waals surface area (Å²) in [5.41, 5.74) is 0.0997. The van der Waals surface area contributed by atoms with Crippen LogP contribution in [0.3, 0.4) is 0 Å². The Morgan fingerprint density at radius 2 is 2.00 bits per heavy atom. The van der Waals surface area contributed by atoms with Gasteiger partial charge in [-0.3, -0.25) is 4.98 Å². The van der Waals surface area contributed by atoms with Gasteiger partial charge in [-0.2, -0.15) is 13.2 Å². The van der Waals surface area contributed by atoms with Gasteiger partial charge in [-0.1, -0.05) is 12.2 Å². The zero-order valence-electron chi connectivity index (χ0n) is 8.45. The fraction of sp³-hybridized carbons (Fsp3) is 0.0909. The number of alkyl halides is 3. The summed E-state index contributed by atoms with van der Waals surface area (Å²) in [6.07, 6.45) is -1.38. The Hall–Kier alpha value is -1.69. The van der Waals surface area contributed by atoms with Gasteiger partial charge in [0.25, 0.3) is 0 Å². The zero-order valence-corrected chi connectivity index (χ0v) is 9.27. The second-order valence-electron chi connectivity index (χ2n) is 3.39. The van der Waals surface area contributed by atoms with E-state index >= 15 is 0 Å². The first-order valence-corrected chi connectivity index (χ1v) is 5.09. The molecule has 0 saturated carbocycles. The van der Waals surface area contributed by atoms with E-state index in [0.717, 1.165) is 12.1 Å². The molecule has 0 aliphatic carbocycles. The van der Waals surface area contributed by atoms with Crippen molar-refractivity contribution in [2.45, 2.75) is 6.18 Å². The van der Waals surface area contributed by atoms with E-state index in [9.17, 15) is 13.2 Å². The summed E-state index contributed by atoms with van der Waals surface area (Å²) in [7, 11) is 0. The van der Waals surface area contributed by atoms with Gasteiger partial charge in [-0.05, 0) is 24.3 Å². The molecule has 2 nitrogen and oxygen atoms in total. The standard InChI is InChI=1S/C11H7F3N2S/c12-11(13,14)8-4-9(16-10(17)5-8)7-2-1-3-15-6-7/h1-6H,(H,16,17). The molecule has 2 heterocycles. The Labute approximate surface area is 100 Å². The van der Waals surface area contributed by atoms with Crippen LogP contribution in [0.15, 0.2) is 36.7 Å². The summed E-state index contributed by atoms with van der Waals surface area (Å²) < 4.78 is 37.8. The quantitative estimate of drug-likeness (QED) is 0.786. The summed E-state index contributed by atoms with van der Waals surface area (Å²) >= 11 is 4.78. The minimum Gasteiger partial charge on any atom is -0.346 e. The maximum atomic E-state index is 12.6. The Morgan fingerprint density at radius 1 is 1.24 bits per heavy atom. The van der Waals surface area contributed by atoms with Crippen LogP contribution >= 0.6 is 12.2 Å². The molecule has 6 heteroatoms. The van der Waals surface area contributed by atoms with Crippen molar-refractivity contribution in [2.24, 2.45) is 0 Å². The maximum absolute atomic E-state index is 12.6. The molecule has 0 bridgehead atoms. The highest BCUT2D eigenvalue weighted by Crippen LogP contribution is 2.31. The highest BCUT2D eigenvalue weighted by Gasteiger charge is 2.31. The molecule has 0 unspecified atom stereocenters. The Morgan fingerprint density at radius 3 is 2.59 bits per heavy atom. The number of rotatable bonds is 1. The monoisotopic (exact) mass is 256 g/mol. The van der Waals surface area contributed by atoms with Gasteiger partial charge < -0.3 is 4.98 Å². The fourth-order valence-electron chi connectivity index (χ4n) is 1.38. The van der Waals surface area contributed by atoms with Crippen LogP contribution in [-0.4, -0.2) is 9.97 Å². The van der Waals surface area contributed by atoms with Crippen LogP contribution in [-0.2, 0) is 6.18 Å². The molecule has 1 N–H and O–H groups in total. The van der Waals surface area contributed by atoms with E-state index in [-0.39, 0.29) is 4.64 Å². The van der Waals surface area contributed by atoms with Gasteiger partial charge in [0.15, 0.2) is 0 Å². The predicted octanol–water partition coefficient (Wildman–Crippen LogP) is 3.82. The number of hydrogen-bond acceptors (Lipinski definition) is 2. The fourth-order valence-corrected chi connectivity index (χ4v) is 1.62. The van der Waals surface area contributed by atoms with Crippen LogP contribution in [0.1, 0.15) is 5.56 Å². The first-order valence-electron chi connectivity index (χ1n) is 4.69. The summed E-state index contributed by atoms with van der Waals surface area (Å²) in [6, 6.07) is 5.22. The average molecular weight is 256 g/mol. The lowest BCUT2D eigenvalue weighted by Crippen LogP contribution is -2.05. The molecule has 0 atom stereocenters. The molecular formula is C11H7F3N2S. The molecule has 0 aromatic carbocycles. The van der Waals surface area contributed by atoms with Crippen LogP contribution in [0.25, 0.3) is 11.3 Å². The molecule has 0 radical (unpaired) electrons. The van der Waals surface area contributed by atoms with E-state index in [0.29, 0.717) is 11.3 Å². The second-order valence-corrected chi connectivity index (χ2v) is 3.83. The van der Waals surface area contributed by atoms with Gasteiger partial charge in [-0.25, -0.2) is 0 Å². The zero-order chi connectivity index (χ0) is 12.5. The van der Waals surface area contributed by atoms with Crippen molar-refractivity contribution >= 4 is 12.2 Å². The number of halogens is 3. The Balaban J connectivity index is 2.58. The van der Waals surface area contributed by atoms with Gasteiger partial charge in [0.2, 0.25) is 0 Å². The van der Waals surface area contributed by atoms with E-state index in [2.05, 4.69) is 9.97 Å². The normalized spacial score (nSPS) is 11.5. The lowest BCUT2D eigenvalue weighted by atomic mass is 10.1. The van der Waals surface area contributed by atoms with Crippen molar-refractivity contribution in [2.75, 3.05) is 0 Å². The summed E-state index contributed by atoms with van der Waals surface area (Å²) in [5, 5.41) is 0. The molecule has 88 valence electrons. The summed E-state index contributed by atoms with van der Waals surface area (Å²) in [6.45, 7) is 0. The number of aromatic nitrogens is 2. The molecule has 0 aliphatic heterocycles. The largest absolute Gasteiger partial charge is 0.416 e. The van der Waals surface area contributed by atoms with E-state index in [1.807, 2.05) is 0 Å². The van der Waals surface area contributed by atoms with E-state index in [1.165, 1.54) is 6.20 Å². The minimum absolute atomic E-state index is 0.0404. The minimum atomic E-state index is -4.40. The average Bonchev–Trinajstić information content (AvgIpc) is 2.28. The van der Waals surface area contributed by atoms with E-state index in [1.54, 1.807) is 18.3 Å². The second kappa shape index (κ2) is 4.29. The van der Waals surface area contributed by atoms with Crippen molar-refractivity contribution < 1.29 is 13.2 Å². The molecule has 2 aromatic heterocycles. The SMILES string of the molecule is FC(F)(F)c1cc(-c2cccnc2)[nH]c(=S)c1. The third kappa shape index (κ3) is 2.71. The topological polar surface area (TPSA) is 28.7 Å². The maximum Gasteiger partial charge on any atom is 0.416 e. The van der Waals surface area contributed by atoms with Crippen molar-refractivity contribution in [1.29, 1.82) is 0 Å². The number of H-pyrrole nitrogens is 1. The van der Waals surface area contributed by atoms with E-state index < -0.39 is 11.7 Å². The number of nitrogens with zero attached hydrogens (tertiary/aromatic N) is 1. The predicted molar refractivity (Wildman–Crippen MR) is 59.9 cm³/mol. The molecule has 2 aromatic rings. The first kappa shape index (κ1) is 11.8. The molecule has 0 saturated heterocycles. The lowest BCUT2D eigenvalue weighted by Gasteiger charge is -2.08. The number of nitrogens with one attached hydrogen (secondary N) is 1. The van der Waals surface area contributed by atoms with Crippen molar-refractivity contribution in [3.05, 3.63) is 46.9 Å². The molecule has 0 amide bonds. The third-order valence-electron chi connectivity index (χ3n) is 2.14. The smallest absolute Gasteiger partial charge is 0.346 e. The molecule has 0 aliphatic rings. The summed E-state index contributed by atoms with van der Waals surface area (Å²) in [5.74, 6) is 0. The highest BCUT2D eigenvalue weighted by atomic mass is 32.1. The van der Waals surface area contributed by atoms with Gasteiger partial charge in [0.1, 0.15) is 4.64 Å². The number of hydrogen-bond donors (Lipinski definition) is 1. The third-order valence-corrected chi connectivity index (χ3v) is 2.36. The van der Waals surface area contributed by atoms with Gasteiger partial charge in [0.05, 0.1) is 5.56 Å². The van der Waals surface area contributed by atoms with Gasteiger partial charge >= 0.3 is 6.18 Å². The van der Waals surface area contributed by atoms with Crippen LogP contribution in [0, 0.1) is 4.64 Å². The van der Waals surface area contributed by atoms with Crippen LogP contribution in [0.5, 0.6) is 0 Å². The Kier molecular flexibility index (Phi) is 2.97. The van der Waals surface area contributed by atoms with Crippen LogP contribution in [0.2, 0.25) is 0 Å². The molecule has 0 spiro atoms. The lowest BCUT2D eigenvalue weighted by molar-refractivity contribution is -0.137. The first-order chi connectivity index (χ1) is 7.97. The highest BCUT2D eigenvalue weighted by molar-refractivity contribution is 7.71. The molecular weight excluding hydrogens is 249 g/mol.